The van der Waals surface area contributed by atoms with E-state index in [0.717, 1.165) is 0 Å². The van der Waals surface area contributed by atoms with Gasteiger partial charge < -0.3 is 4.74 Å². The Labute approximate surface area is 60.1 Å². The summed E-state index contributed by atoms with van der Waals surface area (Å²) in [7, 11) is 0. The summed E-state index contributed by atoms with van der Waals surface area (Å²) in [5.74, 6) is -0.355. The second-order valence-electron chi connectivity index (χ2n) is 2.10. The molecule has 0 N–H and O–H groups in total. The standard InChI is InChI=1S/C6H11ClO2/c1-4(2)9-6(8)5(3)7/h4-5H,1-3H3. The van der Waals surface area contributed by atoms with E-state index in [2.05, 4.69) is 0 Å². The molecule has 0 bridgehead atoms. The van der Waals surface area contributed by atoms with Gasteiger partial charge in [0.2, 0.25) is 0 Å². The molecule has 9 heavy (non-hydrogen) atoms. The van der Waals surface area contributed by atoms with Crippen LogP contribution in [0.5, 0.6) is 0 Å². The van der Waals surface area contributed by atoms with Crippen molar-refractivity contribution in [2.75, 3.05) is 0 Å². The summed E-state index contributed by atoms with van der Waals surface area (Å²) in [6.45, 7) is 5.17. The average Bonchev–Trinajstić information content (AvgIpc) is 1.63. The van der Waals surface area contributed by atoms with Crippen molar-refractivity contribution in [2.24, 2.45) is 0 Å². The van der Waals surface area contributed by atoms with Gasteiger partial charge in [-0.05, 0) is 20.8 Å². The first-order chi connectivity index (χ1) is 4.04. The lowest BCUT2D eigenvalue weighted by Crippen LogP contribution is -2.18. The molecule has 0 radical (unpaired) electrons. The van der Waals surface area contributed by atoms with Crippen LogP contribution < -0.4 is 0 Å². The number of hydrogen-bond donors (Lipinski definition) is 0. The van der Waals surface area contributed by atoms with Gasteiger partial charge in [0, 0.05) is 0 Å². The van der Waals surface area contributed by atoms with Gasteiger partial charge >= 0.3 is 5.97 Å². The van der Waals surface area contributed by atoms with Crippen molar-refractivity contribution in [3.05, 3.63) is 0 Å². The van der Waals surface area contributed by atoms with Crippen LogP contribution in [0, 0.1) is 0 Å². The summed E-state index contributed by atoms with van der Waals surface area (Å²) >= 11 is 5.40. The third kappa shape index (κ3) is 4.28. The van der Waals surface area contributed by atoms with Crippen LogP contribution in [0.1, 0.15) is 20.8 Å². The molecule has 0 aromatic heterocycles. The normalized spacial score (nSPS) is 13.4. The topological polar surface area (TPSA) is 26.3 Å². The lowest BCUT2D eigenvalue weighted by atomic mass is 10.4. The molecule has 1 atom stereocenters. The molecule has 0 aliphatic carbocycles. The Bertz CT molecular complexity index is 99.2. The van der Waals surface area contributed by atoms with Crippen molar-refractivity contribution in [3.8, 4) is 0 Å². The van der Waals surface area contributed by atoms with E-state index in [1.54, 1.807) is 20.8 Å². The highest BCUT2D eigenvalue weighted by Crippen LogP contribution is 1.99. The molecule has 0 amide bonds. The highest BCUT2D eigenvalue weighted by atomic mass is 35.5. The van der Waals surface area contributed by atoms with Crippen molar-refractivity contribution in [2.45, 2.75) is 32.3 Å². The third-order valence-corrected chi connectivity index (χ3v) is 0.855. The number of alkyl halides is 1. The van der Waals surface area contributed by atoms with Crippen LogP contribution >= 0.6 is 11.6 Å². The predicted molar refractivity (Wildman–Crippen MR) is 36.5 cm³/mol. The molecular formula is C6H11ClO2. The SMILES string of the molecule is CC(C)OC(=O)C(C)Cl. The van der Waals surface area contributed by atoms with Gasteiger partial charge in [0.1, 0.15) is 5.38 Å². The van der Waals surface area contributed by atoms with E-state index >= 15 is 0 Å². The third-order valence-electron chi connectivity index (χ3n) is 0.677. The molecule has 0 saturated heterocycles. The zero-order valence-corrected chi connectivity index (χ0v) is 6.61. The lowest BCUT2D eigenvalue weighted by molar-refractivity contribution is -0.146. The summed E-state index contributed by atoms with van der Waals surface area (Å²) in [5.41, 5.74) is 0. The summed E-state index contributed by atoms with van der Waals surface area (Å²) in [6, 6.07) is 0. The Kier molecular flexibility index (Phi) is 3.62. The molecule has 0 aromatic rings. The van der Waals surface area contributed by atoms with Gasteiger partial charge in [-0.1, -0.05) is 0 Å². The van der Waals surface area contributed by atoms with E-state index in [-0.39, 0.29) is 12.1 Å². The number of hydrogen-bond acceptors (Lipinski definition) is 2. The van der Waals surface area contributed by atoms with E-state index in [4.69, 9.17) is 16.3 Å². The van der Waals surface area contributed by atoms with Crippen LogP contribution in [-0.2, 0) is 9.53 Å². The van der Waals surface area contributed by atoms with Crippen molar-refractivity contribution in [3.63, 3.8) is 0 Å². The average molecular weight is 151 g/mol. The molecule has 2 nitrogen and oxygen atoms in total. The molecule has 0 aromatic carbocycles. The number of carbonyl (C=O) groups is 1. The van der Waals surface area contributed by atoms with E-state index in [0.29, 0.717) is 0 Å². The fourth-order valence-electron chi connectivity index (χ4n) is 0.326. The molecule has 0 heterocycles. The summed E-state index contributed by atoms with van der Waals surface area (Å²) in [5, 5.41) is -0.535. The molecule has 0 rings (SSSR count). The Morgan fingerprint density at radius 3 is 2.00 bits per heavy atom. The molecule has 0 aliphatic rings. The Balaban J connectivity index is 3.51. The van der Waals surface area contributed by atoms with Gasteiger partial charge in [0.15, 0.2) is 0 Å². The van der Waals surface area contributed by atoms with Crippen molar-refractivity contribution in [1.82, 2.24) is 0 Å². The molecule has 54 valence electrons. The van der Waals surface area contributed by atoms with E-state index in [1.165, 1.54) is 0 Å². The van der Waals surface area contributed by atoms with E-state index in [9.17, 15) is 4.79 Å². The molecular weight excluding hydrogens is 140 g/mol. The predicted octanol–water partition coefficient (Wildman–Crippen LogP) is 1.57. The van der Waals surface area contributed by atoms with E-state index in [1.807, 2.05) is 0 Å². The summed E-state index contributed by atoms with van der Waals surface area (Å²) < 4.78 is 4.74. The smallest absolute Gasteiger partial charge is 0.324 e. The zero-order valence-electron chi connectivity index (χ0n) is 5.85. The minimum absolute atomic E-state index is 0.0706. The first kappa shape index (κ1) is 8.76. The number of carbonyl (C=O) groups excluding carboxylic acids is 1. The Hall–Kier alpha value is -0.240. The molecule has 0 saturated carbocycles. The monoisotopic (exact) mass is 150 g/mol. The lowest BCUT2D eigenvalue weighted by Gasteiger charge is -2.07. The maximum absolute atomic E-state index is 10.6. The maximum atomic E-state index is 10.6. The Morgan fingerprint density at radius 1 is 1.44 bits per heavy atom. The molecule has 0 spiro atoms. The van der Waals surface area contributed by atoms with Gasteiger partial charge in [0.25, 0.3) is 0 Å². The highest BCUT2D eigenvalue weighted by molar-refractivity contribution is 6.29. The van der Waals surface area contributed by atoms with Crippen LogP contribution in [0.15, 0.2) is 0 Å². The quantitative estimate of drug-likeness (QED) is 0.441. The van der Waals surface area contributed by atoms with Gasteiger partial charge in [-0.2, -0.15) is 0 Å². The van der Waals surface area contributed by atoms with Crippen molar-refractivity contribution < 1.29 is 9.53 Å². The maximum Gasteiger partial charge on any atom is 0.324 e. The molecule has 3 heteroatoms. The molecule has 1 unspecified atom stereocenters. The zero-order chi connectivity index (χ0) is 7.44. The van der Waals surface area contributed by atoms with Gasteiger partial charge in [0.05, 0.1) is 6.10 Å². The van der Waals surface area contributed by atoms with E-state index < -0.39 is 5.38 Å². The fraction of sp³-hybridized carbons (Fsp3) is 0.833. The van der Waals surface area contributed by atoms with Crippen molar-refractivity contribution in [1.29, 1.82) is 0 Å². The molecule has 0 aliphatic heterocycles. The minimum atomic E-state index is -0.535. The largest absolute Gasteiger partial charge is 0.462 e. The minimum Gasteiger partial charge on any atom is -0.462 e. The van der Waals surface area contributed by atoms with Crippen molar-refractivity contribution >= 4 is 17.6 Å². The van der Waals surface area contributed by atoms with Gasteiger partial charge in [-0.3, -0.25) is 4.79 Å². The molecule has 0 fully saturated rings. The first-order valence-electron chi connectivity index (χ1n) is 2.88. The fourth-order valence-corrected chi connectivity index (χ4v) is 0.378. The number of ether oxygens (including phenoxy) is 1. The van der Waals surface area contributed by atoms with Crippen LogP contribution in [0.3, 0.4) is 0 Å². The van der Waals surface area contributed by atoms with Gasteiger partial charge in [-0.15, -0.1) is 11.6 Å². The number of halogens is 1. The van der Waals surface area contributed by atoms with Crippen LogP contribution in [-0.4, -0.2) is 17.5 Å². The van der Waals surface area contributed by atoms with Crippen LogP contribution in [0.2, 0.25) is 0 Å². The second-order valence-corrected chi connectivity index (χ2v) is 2.76. The number of rotatable bonds is 2. The van der Waals surface area contributed by atoms with Crippen LogP contribution in [0.25, 0.3) is 0 Å². The Morgan fingerprint density at radius 2 is 1.89 bits per heavy atom. The first-order valence-corrected chi connectivity index (χ1v) is 3.32. The van der Waals surface area contributed by atoms with Crippen LogP contribution in [0.4, 0.5) is 0 Å². The number of esters is 1. The second kappa shape index (κ2) is 3.72. The summed E-state index contributed by atoms with van der Waals surface area (Å²) in [4.78, 5) is 10.6. The highest BCUT2D eigenvalue weighted by Gasteiger charge is 2.11. The van der Waals surface area contributed by atoms with Gasteiger partial charge in [-0.25, -0.2) is 0 Å². The summed E-state index contributed by atoms with van der Waals surface area (Å²) in [6.07, 6.45) is -0.0706.